The Bertz CT molecular complexity index is 2920. The van der Waals surface area contributed by atoms with Gasteiger partial charge in [0.05, 0.1) is 27.8 Å². The van der Waals surface area contributed by atoms with Gasteiger partial charge >= 0.3 is 0 Å². The molecule has 0 saturated heterocycles. The Morgan fingerprint density at radius 1 is 0.510 bits per heavy atom. The summed E-state index contributed by atoms with van der Waals surface area (Å²) < 4.78 is 11.0. The largest absolute Gasteiger partial charge is 0.457 e. The summed E-state index contributed by atoms with van der Waals surface area (Å²) in [5.41, 5.74) is 10.4. The van der Waals surface area contributed by atoms with E-state index >= 15 is 0 Å². The molecule has 0 fully saturated rings. The summed E-state index contributed by atoms with van der Waals surface area (Å²) >= 11 is 0. The fourth-order valence-corrected chi connectivity index (χ4v) is 7.50. The molecule has 6 nitrogen and oxygen atoms in total. The van der Waals surface area contributed by atoms with Gasteiger partial charge in [0.25, 0.3) is 0 Å². The predicted octanol–water partition coefficient (Wildman–Crippen LogP) is 10.8. The maximum atomic E-state index is 6.63. The molecular weight excluding hydrogens is 603 g/mol. The molecule has 6 heteroatoms. The number of rotatable bonds is 4. The molecule has 0 atom stereocenters. The third-order valence-corrected chi connectivity index (χ3v) is 9.67. The highest BCUT2D eigenvalue weighted by molar-refractivity contribution is 6.14. The third kappa shape index (κ3) is 4.17. The van der Waals surface area contributed by atoms with E-state index in [1.165, 1.54) is 22.1 Å². The van der Waals surface area contributed by atoms with Crippen molar-refractivity contribution in [2.75, 3.05) is 0 Å². The number of hydrogen-bond acceptors (Lipinski definition) is 4. The molecule has 0 N–H and O–H groups in total. The quantitative estimate of drug-likeness (QED) is 0.181. The number of pyridine rings is 3. The van der Waals surface area contributed by atoms with Crippen LogP contribution < -0.4 is 4.74 Å². The van der Waals surface area contributed by atoms with Gasteiger partial charge in [-0.1, -0.05) is 54.6 Å². The Hall–Kier alpha value is -6.53. The van der Waals surface area contributed by atoms with Crippen LogP contribution in [-0.4, -0.2) is 23.9 Å². The molecule has 0 amide bonds. The monoisotopic (exact) mass is 631 g/mol. The molecule has 5 aromatic carbocycles. The molecule has 0 aliphatic heterocycles. The van der Waals surface area contributed by atoms with Crippen molar-refractivity contribution < 1.29 is 4.74 Å². The van der Waals surface area contributed by atoms with Crippen molar-refractivity contribution >= 4 is 60.3 Å². The minimum Gasteiger partial charge on any atom is -0.457 e. The summed E-state index contributed by atoms with van der Waals surface area (Å²) in [6.45, 7) is 4.29. The molecule has 0 bridgehead atoms. The number of para-hydroxylation sites is 3. The van der Waals surface area contributed by atoms with Crippen LogP contribution in [0.4, 0.5) is 0 Å². The molecule has 0 unspecified atom stereocenters. The summed E-state index contributed by atoms with van der Waals surface area (Å²) in [6.07, 6.45) is 1.83. The predicted molar refractivity (Wildman–Crippen MR) is 199 cm³/mol. The molecule has 5 aromatic heterocycles. The Morgan fingerprint density at radius 3 is 2.04 bits per heavy atom. The van der Waals surface area contributed by atoms with Crippen LogP contribution in [0.25, 0.3) is 77.4 Å². The lowest BCUT2D eigenvalue weighted by molar-refractivity contribution is 0.484. The molecular formula is C43H29N5O. The van der Waals surface area contributed by atoms with Crippen LogP contribution in [0, 0.1) is 13.8 Å². The van der Waals surface area contributed by atoms with Crippen LogP contribution in [0.5, 0.6) is 11.5 Å². The van der Waals surface area contributed by atoms with Gasteiger partial charge in [-0.2, -0.15) is 0 Å². The number of aryl methyl sites for hydroxylation is 2. The van der Waals surface area contributed by atoms with Gasteiger partial charge in [0.1, 0.15) is 28.6 Å². The standard InChI is InChI=1S/C43H29N5O/c1-26-10-9-11-27(2)41(26)36-22-21-33-30-19-17-28(24-34(30)43-45-35-13-4-6-15-38(35)48(43)42(33)46-36)49-29-18-20-32-31-12-3-5-14-37(31)47(39(32)25-29)40-16-7-8-23-44-40/h3-25H,1-2H3. The van der Waals surface area contributed by atoms with Gasteiger partial charge in [-0.15, -0.1) is 0 Å². The Morgan fingerprint density at radius 2 is 1.20 bits per heavy atom. The third-order valence-electron chi connectivity index (χ3n) is 9.67. The highest BCUT2D eigenvalue weighted by Gasteiger charge is 2.18. The van der Waals surface area contributed by atoms with Gasteiger partial charge in [0, 0.05) is 39.4 Å². The van der Waals surface area contributed by atoms with Crippen molar-refractivity contribution in [3.63, 3.8) is 0 Å². The molecule has 0 saturated carbocycles. The van der Waals surface area contributed by atoms with E-state index in [-0.39, 0.29) is 0 Å². The first kappa shape index (κ1) is 27.6. The molecule has 10 rings (SSSR count). The summed E-state index contributed by atoms with van der Waals surface area (Å²) in [6, 6.07) is 46.0. The van der Waals surface area contributed by atoms with Crippen molar-refractivity contribution in [1.82, 2.24) is 23.9 Å². The number of nitrogens with zero attached hydrogens (tertiary/aromatic N) is 5. The molecule has 0 aliphatic rings. The van der Waals surface area contributed by atoms with Crippen LogP contribution in [0.1, 0.15) is 11.1 Å². The SMILES string of the molecule is Cc1cccc(C)c1-c1ccc2c3ccc(Oc4ccc5c6ccccc6n(-c6ccccn6)c5c4)cc3c3nc4ccccc4n3c2n1. The number of benzene rings is 5. The van der Waals surface area contributed by atoms with Crippen molar-refractivity contribution in [3.05, 3.63) is 151 Å². The lowest BCUT2D eigenvalue weighted by atomic mass is 9.99. The minimum absolute atomic E-state index is 0.737. The highest BCUT2D eigenvalue weighted by atomic mass is 16.5. The van der Waals surface area contributed by atoms with Gasteiger partial charge in [-0.3, -0.25) is 8.97 Å². The summed E-state index contributed by atoms with van der Waals surface area (Å²) in [4.78, 5) is 15.1. The number of hydrogen-bond donors (Lipinski definition) is 0. The number of aromatic nitrogens is 5. The van der Waals surface area contributed by atoms with Crippen molar-refractivity contribution in [3.8, 4) is 28.6 Å². The maximum absolute atomic E-state index is 6.63. The molecule has 10 aromatic rings. The summed E-state index contributed by atoms with van der Waals surface area (Å²) in [5, 5.41) is 5.48. The zero-order valence-corrected chi connectivity index (χ0v) is 26.9. The molecule has 0 radical (unpaired) electrons. The topological polar surface area (TPSA) is 57.2 Å². The van der Waals surface area contributed by atoms with Crippen LogP contribution in [0.15, 0.2) is 140 Å². The Balaban J connectivity index is 1.16. The Kier molecular flexibility index (Phi) is 5.90. The van der Waals surface area contributed by atoms with E-state index in [4.69, 9.17) is 14.7 Å². The van der Waals surface area contributed by atoms with E-state index < -0.39 is 0 Å². The van der Waals surface area contributed by atoms with E-state index in [9.17, 15) is 0 Å². The second kappa shape index (κ2) is 10.5. The smallest absolute Gasteiger partial charge is 0.147 e. The van der Waals surface area contributed by atoms with E-state index in [0.29, 0.717) is 0 Å². The highest BCUT2D eigenvalue weighted by Crippen LogP contribution is 2.38. The van der Waals surface area contributed by atoms with Crippen LogP contribution in [-0.2, 0) is 0 Å². The van der Waals surface area contributed by atoms with Crippen molar-refractivity contribution in [2.45, 2.75) is 13.8 Å². The average Bonchev–Trinajstić information content (AvgIpc) is 3.68. The molecule has 232 valence electrons. The van der Waals surface area contributed by atoms with Crippen molar-refractivity contribution in [2.24, 2.45) is 0 Å². The minimum atomic E-state index is 0.737. The molecule has 0 spiro atoms. The lowest BCUT2D eigenvalue weighted by Gasteiger charge is -2.14. The van der Waals surface area contributed by atoms with Crippen LogP contribution >= 0.6 is 0 Å². The van der Waals surface area contributed by atoms with Gasteiger partial charge in [-0.25, -0.2) is 15.0 Å². The van der Waals surface area contributed by atoms with Gasteiger partial charge in [0.2, 0.25) is 0 Å². The number of fused-ring (bicyclic) bond motifs is 11. The Labute approximate surface area is 281 Å². The van der Waals surface area contributed by atoms with Crippen LogP contribution in [0.2, 0.25) is 0 Å². The fraction of sp³-hybridized carbons (Fsp3) is 0.0465. The van der Waals surface area contributed by atoms with E-state index in [0.717, 1.165) is 77.9 Å². The first-order valence-electron chi connectivity index (χ1n) is 16.5. The average molecular weight is 632 g/mol. The van der Waals surface area contributed by atoms with E-state index in [1.807, 2.05) is 42.6 Å². The second-order valence-corrected chi connectivity index (χ2v) is 12.6. The van der Waals surface area contributed by atoms with Gasteiger partial charge in [0.15, 0.2) is 0 Å². The second-order valence-electron chi connectivity index (χ2n) is 12.6. The summed E-state index contributed by atoms with van der Waals surface area (Å²) in [5.74, 6) is 2.35. The zero-order chi connectivity index (χ0) is 32.6. The molecule has 5 heterocycles. The first-order chi connectivity index (χ1) is 24.1. The lowest BCUT2D eigenvalue weighted by Crippen LogP contribution is -1.98. The maximum Gasteiger partial charge on any atom is 0.147 e. The number of imidazole rings is 1. The normalized spacial score (nSPS) is 11.9. The first-order valence-corrected chi connectivity index (χ1v) is 16.5. The van der Waals surface area contributed by atoms with Gasteiger partial charge in [-0.05, 0) is 103 Å². The summed E-state index contributed by atoms with van der Waals surface area (Å²) in [7, 11) is 0. The zero-order valence-electron chi connectivity index (χ0n) is 26.9. The van der Waals surface area contributed by atoms with Crippen LogP contribution in [0.3, 0.4) is 0 Å². The van der Waals surface area contributed by atoms with Gasteiger partial charge < -0.3 is 4.74 Å². The number of ether oxygens (including phenoxy) is 1. The van der Waals surface area contributed by atoms with Crippen molar-refractivity contribution in [1.29, 1.82) is 0 Å². The molecule has 0 aliphatic carbocycles. The molecule has 49 heavy (non-hydrogen) atoms. The van der Waals surface area contributed by atoms with E-state index in [2.05, 4.69) is 125 Å². The fourth-order valence-electron chi connectivity index (χ4n) is 7.50. The van der Waals surface area contributed by atoms with E-state index in [1.54, 1.807) is 0 Å².